The van der Waals surface area contributed by atoms with Crippen molar-refractivity contribution < 1.29 is 4.79 Å². The predicted octanol–water partition coefficient (Wildman–Crippen LogP) is 2.72. The van der Waals surface area contributed by atoms with E-state index in [0.29, 0.717) is 18.5 Å². The maximum Gasteiger partial charge on any atom is 0.178 e. The van der Waals surface area contributed by atoms with Gasteiger partial charge in [-0.2, -0.15) is 0 Å². The Morgan fingerprint density at radius 2 is 2.17 bits per heavy atom. The van der Waals surface area contributed by atoms with Gasteiger partial charge in [0.15, 0.2) is 5.78 Å². The van der Waals surface area contributed by atoms with Gasteiger partial charge < -0.3 is 4.57 Å². The van der Waals surface area contributed by atoms with Gasteiger partial charge in [-0.25, -0.2) is 0 Å². The van der Waals surface area contributed by atoms with Crippen molar-refractivity contribution in [1.82, 2.24) is 9.47 Å². The fraction of sp³-hybridized carbons (Fsp3) is 0.667. The molecule has 2 atom stereocenters. The Hall–Kier alpha value is -1.09. The Morgan fingerprint density at radius 1 is 1.44 bits per heavy atom. The normalized spacial score (nSPS) is 24.4. The van der Waals surface area contributed by atoms with E-state index in [9.17, 15) is 4.79 Å². The van der Waals surface area contributed by atoms with Crippen molar-refractivity contribution in [2.24, 2.45) is 13.0 Å². The van der Waals surface area contributed by atoms with Gasteiger partial charge in [-0.15, -0.1) is 0 Å². The van der Waals surface area contributed by atoms with E-state index in [2.05, 4.69) is 18.9 Å². The molecule has 1 aliphatic carbocycles. The zero-order chi connectivity index (χ0) is 13.1. The van der Waals surface area contributed by atoms with Crippen LogP contribution < -0.4 is 0 Å². The van der Waals surface area contributed by atoms with Gasteiger partial charge in [-0.1, -0.05) is 19.8 Å². The van der Waals surface area contributed by atoms with Gasteiger partial charge in [0.05, 0.1) is 6.54 Å². The average molecular weight is 248 g/mol. The molecule has 1 aromatic heterocycles. The highest BCUT2D eigenvalue weighted by molar-refractivity contribution is 5.97. The summed E-state index contributed by atoms with van der Waals surface area (Å²) in [5.41, 5.74) is 0.827. The Kier molecular flexibility index (Phi) is 4.23. The van der Waals surface area contributed by atoms with E-state index in [1.54, 1.807) is 0 Å². The molecule has 100 valence electrons. The van der Waals surface area contributed by atoms with Gasteiger partial charge in [-0.05, 0) is 31.9 Å². The van der Waals surface area contributed by atoms with Crippen LogP contribution in [0, 0.1) is 5.92 Å². The van der Waals surface area contributed by atoms with Gasteiger partial charge in [-0.3, -0.25) is 9.69 Å². The number of likely N-dealkylation sites (N-methyl/N-ethyl adjacent to an activating group) is 1. The molecule has 2 unspecified atom stereocenters. The van der Waals surface area contributed by atoms with E-state index < -0.39 is 0 Å². The Balaban J connectivity index is 1.94. The summed E-state index contributed by atoms with van der Waals surface area (Å²) in [6, 6.07) is 2.48. The first kappa shape index (κ1) is 13.3. The third-order valence-corrected chi connectivity index (χ3v) is 4.18. The first-order valence-electron chi connectivity index (χ1n) is 6.93. The lowest BCUT2D eigenvalue weighted by molar-refractivity contribution is 0.0851. The molecular formula is C15H24N2O. The van der Waals surface area contributed by atoms with Crippen LogP contribution in [0.15, 0.2) is 18.5 Å². The lowest BCUT2D eigenvalue weighted by atomic mass is 9.85. The second-order valence-corrected chi connectivity index (χ2v) is 5.73. The first-order chi connectivity index (χ1) is 8.58. The van der Waals surface area contributed by atoms with Crippen LogP contribution >= 0.6 is 0 Å². The average Bonchev–Trinajstić information content (AvgIpc) is 2.76. The van der Waals surface area contributed by atoms with Gasteiger partial charge in [0.1, 0.15) is 0 Å². The number of hydrogen-bond donors (Lipinski definition) is 0. The molecule has 0 bridgehead atoms. The highest BCUT2D eigenvalue weighted by atomic mass is 16.1. The standard InChI is InChI=1S/C15H24N2O/c1-12-6-4-5-7-14(12)17(3)11-15(18)13-8-9-16(2)10-13/h8-10,12,14H,4-7,11H2,1-3H3. The summed E-state index contributed by atoms with van der Waals surface area (Å²) in [5, 5.41) is 0. The molecule has 0 amide bonds. The molecule has 2 rings (SSSR count). The molecule has 0 N–H and O–H groups in total. The number of aromatic nitrogens is 1. The van der Waals surface area contributed by atoms with E-state index in [4.69, 9.17) is 0 Å². The fourth-order valence-electron chi connectivity index (χ4n) is 3.05. The van der Waals surface area contributed by atoms with E-state index in [1.807, 2.05) is 30.1 Å². The summed E-state index contributed by atoms with van der Waals surface area (Å²) in [4.78, 5) is 14.4. The second kappa shape index (κ2) is 5.70. The number of ketones is 1. The SMILES string of the molecule is CC1CCCCC1N(C)CC(=O)c1ccn(C)c1. The van der Waals surface area contributed by atoms with Crippen LogP contribution in [0.25, 0.3) is 0 Å². The van der Waals surface area contributed by atoms with Gasteiger partial charge in [0.2, 0.25) is 0 Å². The zero-order valence-electron chi connectivity index (χ0n) is 11.7. The Morgan fingerprint density at radius 3 is 2.78 bits per heavy atom. The third kappa shape index (κ3) is 3.02. The quantitative estimate of drug-likeness (QED) is 0.766. The van der Waals surface area contributed by atoms with Crippen LogP contribution in [0.1, 0.15) is 43.0 Å². The Bertz CT molecular complexity index is 410. The van der Waals surface area contributed by atoms with E-state index >= 15 is 0 Å². The minimum Gasteiger partial charge on any atom is -0.357 e. The number of Topliss-reactive ketones (excluding diaryl/α,β-unsaturated/α-hetero) is 1. The maximum atomic E-state index is 12.2. The minimum atomic E-state index is 0.232. The third-order valence-electron chi connectivity index (χ3n) is 4.18. The molecule has 3 nitrogen and oxygen atoms in total. The lowest BCUT2D eigenvalue weighted by Gasteiger charge is -2.35. The number of aryl methyl sites for hydroxylation is 1. The molecule has 0 radical (unpaired) electrons. The number of carbonyl (C=O) groups excluding carboxylic acids is 1. The van der Waals surface area contributed by atoms with E-state index in [0.717, 1.165) is 5.56 Å². The van der Waals surface area contributed by atoms with Crippen molar-refractivity contribution in [2.75, 3.05) is 13.6 Å². The molecule has 18 heavy (non-hydrogen) atoms. The summed E-state index contributed by atoms with van der Waals surface area (Å²) in [7, 11) is 4.04. The topological polar surface area (TPSA) is 25.2 Å². The summed E-state index contributed by atoms with van der Waals surface area (Å²) in [5.74, 6) is 0.947. The van der Waals surface area contributed by atoms with E-state index in [-0.39, 0.29) is 5.78 Å². The fourth-order valence-corrected chi connectivity index (χ4v) is 3.05. The number of nitrogens with zero attached hydrogens (tertiary/aromatic N) is 2. The van der Waals surface area contributed by atoms with Gasteiger partial charge >= 0.3 is 0 Å². The van der Waals surface area contributed by atoms with Crippen molar-refractivity contribution >= 4 is 5.78 Å². The van der Waals surface area contributed by atoms with Crippen LogP contribution in [-0.4, -0.2) is 34.9 Å². The van der Waals surface area contributed by atoms with Gasteiger partial charge in [0, 0.05) is 31.0 Å². The van der Waals surface area contributed by atoms with Gasteiger partial charge in [0.25, 0.3) is 0 Å². The monoisotopic (exact) mass is 248 g/mol. The summed E-state index contributed by atoms with van der Waals surface area (Å²) in [6.45, 7) is 2.85. The molecule has 3 heteroatoms. The van der Waals surface area contributed by atoms with Crippen LogP contribution in [0.3, 0.4) is 0 Å². The van der Waals surface area contributed by atoms with Crippen LogP contribution in [-0.2, 0) is 7.05 Å². The van der Waals surface area contributed by atoms with Crippen LogP contribution in [0.2, 0.25) is 0 Å². The molecular weight excluding hydrogens is 224 g/mol. The molecule has 0 saturated heterocycles. The van der Waals surface area contributed by atoms with Crippen LogP contribution in [0.4, 0.5) is 0 Å². The lowest BCUT2D eigenvalue weighted by Crippen LogP contribution is -2.41. The van der Waals surface area contributed by atoms with Crippen molar-refractivity contribution in [3.8, 4) is 0 Å². The first-order valence-corrected chi connectivity index (χ1v) is 6.93. The molecule has 1 aromatic rings. The zero-order valence-corrected chi connectivity index (χ0v) is 11.7. The molecule has 0 spiro atoms. The van der Waals surface area contributed by atoms with Crippen molar-refractivity contribution in [1.29, 1.82) is 0 Å². The number of carbonyl (C=O) groups is 1. The van der Waals surface area contributed by atoms with Crippen molar-refractivity contribution in [3.05, 3.63) is 24.0 Å². The summed E-state index contributed by atoms with van der Waals surface area (Å²) < 4.78 is 1.93. The molecule has 0 aromatic carbocycles. The van der Waals surface area contributed by atoms with Crippen LogP contribution in [0.5, 0.6) is 0 Å². The number of rotatable bonds is 4. The highest BCUT2D eigenvalue weighted by Crippen LogP contribution is 2.27. The second-order valence-electron chi connectivity index (χ2n) is 5.73. The smallest absolute Gasteiger partial charge is 0.178 e. The molecule has 1 fully saturated rings. The highest BCUT2D eigenvalue weighted by Gasteiger charge is 2.26. The summed E-state index contributed by atoms with van der Waals surface area (Å²) >= 11 is 0. The summed E-state index contributed by atoms with van der Waals surface area (Å²) in [6.07, 6.45) is 9.02. The molecule has 0 aliphatic heterocycles. The molecule has 1 saturated carbocycles. The number of hydrogen-bond acceptors (Lipinski definition) is 2. The molecule has 1 aliphatic rings. The Labute approximate surface area is 110 Å². The predicted molar refractivity (Wildman–Crippen MR) is 73.8 cm³/mol. The maximum absolute atomic E-state index is 12.2. The molecule has 1 heterocycles. The van der Waals surface area contributed by atoms with E-state index in [1.165, 1.54) is 25.7 Å². The van der Waals surface area contributed by atoms with Crippen molar-refractivity contribution in [3.63, 3.8) is 0 Å². The minimum absolute atomic E-state index is 0.232. The van der Waals surface area contributed by atoms with Crippen molar-refractivity contribution in [2.45, 2.75) is 38.6 Å². The largest absolute Gasteiger partial charge is 0.357 e.